The molecule has 1 unspecified atom stereocenters. The van der Waals surface area contributed by atoms with Gasteiger partial charge in [-0.1, -0.05) is 51.1 Å². The van der Waals surface area contributed by atoms with Crippen molar-refractivity contribution >= 4 is 0 Å². The van der Waals surface area contributed by atoms with E-state index in [2.05, 4.69) is 62.5 Å². The van der Waals surface area contributed by atoms with Gasteiger partial charge in [0.25, 0.3) is 0 Å². The van der Waals surface area contributed by atoms with Gasteiger partial charge in [-0.05, 0) is 37.4 Å². The molecule has 0 aliphatic carbocycles. The Morgan fingerprint density at radius 3 is 2.38 bits per heavy atom. The van der Waals surface area contributed by atoms with Crippen LogP contribution in [0.5, 0.6) is 0 Å². The topological polar surface area (TPSA) is 21.3 Å². The average molecular weight is 287 g/mol. The van der Waals surface area contributed by atoms with Gasteiger partial charge in [-0.15, -0.1) is 0 Å². The second kappa shape index (κ2) is 7.65. The van der Waals surface area contributed by atoms with E-state index in [-0.39, 0.29) is 11.5 Å². The van der Waals surface area contributed by atoms with E-state index in [1.807, 2.05) is 0 Å². The molecule has 1 aromatic rings. The van der Waals surface area contributed by atoms with Crippen molar-refractivity contribution in [3.05, 3.63) is 47.7 Å². The van der Waals surface area contributed by atoms with Gasteiger partial charge in [0.2, 0.25) is 0 Å². The molecule has 2 heteroatoms. The molecular formula is C19H29NO. The Morgan fingerprint density at radius 1 is 1.14 bits per heavy atom. The quantitative estimate of drug-likeness (QED) is 0.764. The van der Waals surface area contributed by atoms with E-state index in [0.717, 1.165) is 44.6 Å². The van der Waals surface area contributed by atoms with Crippen LogP contribution in [0.3, 0.4) is 0 Å². The van der Waals surface area contributed by atoms with Gasteiger partial charge < -0.3 is 10.1 Å². The highest BCUT2D eigenvalue weighted by molar-refractivity contribution is 5.32. The zero-order chi connectivity index (χ0) is 15.1. The first-order chi connectivity index (χ1) is 10.3. The second-order valence-corrected chi connectivity index (χ2v) is 5.86. The molecule has 1 N–H and O–H groups in total. The van der Waals surface area contributed by atoms with Gasteiger partial charge in [0.1, 0.15) is 5.76 Å². The maximum absolute atomic E-state index is 5.94. The number of nitrogens with one attached hydrogen (secondary N) is 1. The summed E-state index contributed by atoms with van der Waals surface area (Å²) in [4.78, 5) is 0. The van der Waals surface area contributed by atoms with Gasteiger partial charge in [-0.3, -0.25) is 0 Å². The van der Waals surface area contributed by atoms with Crippen LogP contribution in [0.2, 0.25) is 0 Å². The predicted molar refractivity (Wildman–Crippen MR) is 89.4 cm³/mol. The van der Waals surface area contributed by atoms with Crippen LogP contribution in [-0.2, 0) is 10.2 Å². The highest BCUT2D eigenvalue weighted by atomic mass is 16.5. The van der Waals surface area contributed by atoms with Gasteiger partial charge >= 0.3 is 0 Å². The van der Waals surface area contributed by atoms with Crippen molar-refractivity contribution in [1.29, 1.82) is 0 Å². The number of rotatable bonds is 8. The van der Waals surface area contributed by atoms with Gasteiger partial charge in [0.15, 0.2) is 0 Å². The van der Waals surface area contributed by atoms with Crippen LogP contribution in [0.15, 0.2) is 42.2 Å². The minimum atomic E-state index is 0.104. The molecule has 0 amide bonds. The van der Waals surface area contributed by atoms with Crippen LogP contribution in [0.25, 0.3) is 0 Å². The van der Waals surface area contributed by atoms with Crippen molar-refractivity contribution in [2.45, 2.75) is 57.9 Å². The van der Waals surface area contributed by atoms with E-state index in [4.69, 9.17) is 4.74 Å². The van der Waals surface area contributed by atoms with Crippen LogP contribution in [0.1, 0.15) is 52.0 Å². The highest BCUT2D eigenvalue weighted by Crippen LogP contribution is 2.39. The maximum atomic E-state index is 5.94. The summed E-state index contributed by atoms with van der Waals surface area (Å²) >= 11 is 0. The molecule has 1 heterocycles. The van der Waals surface area contributed by atoms with Crippen molar-refractivity contribution in [1.82, 2.24) is 5.32 Å². The van der Waals surface area contributed by atoms with E-state index in [9.17, 15) is 0 Å². The zero-order valence-electron chi connectivity index (χ0n) is 13.7. The summed E-state index contributed by atoms with van der Waals surface area (Å²) in [5, 5.41) is 3.76. The largest absolute Gasteiger partial charge is 0.496 e. The lowest BCUT2D eigenvalue weighted by atomic mass is 9.69. The molecule has 0 saturated carbocycles. The first-order valence-corrected chi connectivity index (χ1v) is 8.40. The summed E-state index contributed by atoms with van der Waals surface area (Å²) < 4.78 is 5.94. The van der Waals surface area contributed by atoms with Gasteiger partial charge in [0.05, 0.1) is 12.6 Å². The normalized spacial score (nSPS) is 16.4. The molecule has 0 radical (unpaired) electrons. The monoisotopic (exact) mass is 287 g/mol. The predicted octanol–water partition coefficient (Wildman–Crippen LogP) is 4.42. The minimum Gasteiger partial charge on any atom is -0.496 e. The molecule has 1 aliphatic rings. The number of benzene rings is 1. The van der Waals surface area contributed by atoms with Crippen molar-refractivity contribution in [3.63, 3.8) is 0 Å². The third kappa shape index (κ3) is 3.32. The smallest absolute Gasteiger partial charge is 0.110 e. The minimum absolute atomic E-state index is 0.104. The summed E-state index contributed by atoms with van der Waals surface area (Å²) in [7, 11) is 0. The number of ether oxygens (including phenoxy) is 1. The Hall–Kier alpha value is -1.28. The molecular weight excluding hydrogens is 258 g/mol. The van der Waals surface area contributed by atoms with E-state index in [1.165, 1.54) is 5.56 Å². The summed E-state index contributed by atoms with van der Waals surface area (Å²) in [6.45, 7) is 8.67. The molecule has 0 saturated heterocycles. The van der Waals surface area contributed by atoms with Crippen molar-refractivity contribution in [2.75, 3.05) is 13.2 Å². The molecule has 21 heavy (non-hydrogen) atoms. The Kier molecular flexibility index (Phi) is 5.86. The molecule has 0 fully saturated rings. The summed E-state index contributed by atoms with van der Waals surface area (Å²) in [5.74, 6) is 1.15. The fourth-order valence-electron chi connectivity index (χ4n) is 3.50. The zero-order valence-corrected chi connectivity index (χ0v) is 13.7. The van der Waals surface area contributed by atoms with E-state index < -0.39 is 0 Å². The lowest BCUT2D eigenvalue weighted by Gasteiger charge is -2.41. The molecule has 0 spiro atoms. The van der Waals surface area contributed by atoms with Gasteiger partial charge in [-0.2, -0.15) is 0 Å². The Balaban J connectivity index is 2.39. The Labute approximate surface area is 129 Å². The standard InChI is InChI=1S/C19H29NO/c1-4-14-20-18(17-13-10-15-21-17)19(5-2,6-3)16-11-8-7-9-12-16/h7-9,11-13,18,20H,4-6,10,14-15H2,1-3H3. The maximum Gasteiger partial charge on any atom is 0.110 e. The van der Waals surface area contributed by atoms with E-state index in [1.54, 1.807) is 0 Å². The third-order valence-corrected chi connectivity index (χ3v) is 4.78. The van der Waals surface area contributed by atoms with Crippen LogP contribution in [0.4, 0.5) is 0 Å². The van der Waals surface area contributed by atoms with E-state index in [0.29, 0.717) is 0 Å². The Morgan fingerprint density at radius 2 is 1.86 bits per heavy atom. The molecule has 2 rings (SSSR count). The second-order valence-electron chi connectivity index (χ2n) is 5.86. The van der Waals surface area contributed by atoms with Crippen molar-refractivity contribution < 1.29 is 4.74 Å². The van der Waals surface area contributed by atoms with Gasteiger partial charge in [0, 0.05) is 11.8 Å². The van der Waals surface area contributed by atoms with Crippen LogP contribution in [-0.4, -0.2) is 19.2 Å². The van der Waals surface area contributed by atoms with Crippen molar-refractivity contribution in [3.8, 4) is 0 Å². The van der Waals surface area contributed by atoms with Crippen LogP contribution >= 0.6 is 0 Å². The molecule has 0 bridgehead atoms. The average Bonchev–Trinajstić information content (AvgIpc) is 3.07. The first-order valence-electron chi connectivity index (χ1n) is 8.40. The Bertz CT molecular complexity index is 448. The summed E-state index contributed by atoms with van der Waals surface area (Å²) in [6, 6.07) is 11.2. The van der Waals surface area contributed by atoms with Gasteiger partial charge in [-0.25, -0.2) is 0 Å². The molecule has 1 aliphatic heterocycles. The molecule has 116 valence electrons. The molecule has 1 aromatic carbocycles. The molecule has 1 atom stereocenters. The fraction of sp³-hybridized carbons (Fsp3) is 0.579. The van der Waals surface area contributed by atoms with E-state index >= 15 is 0 Å². The van der Waals surface area contributed by atoms with Crippen molar-refractivity contribution in [2.24, 2.45) is 0 Å². The van der Waals surface area contributed by atoms with Crippen LogP contribution in [0, 0.1) is 0 Å². The molecule has 2 nitrogen and oxygen atoms in total. The summed E-state index contributed by atoms with van der Waals surface area (Å²) in [6.07, 6.45) is 6.67. The highest BCUT2D eigenvalue weighted by Gasteiger charge is 2.40. The number of hydrogen-bond acceptors (Lipinski definition) is 2. The lowest BCUT2D eigenvalue weighted by molar-refractivity contribution is 0.171. The SMILES string of the molecule is CCCNC(C1=CCCO1)C(CC)(CC)c1ccccc1. The van der Waals surface area contributed by atoms with Crippen LogP contribution < -0.4 is 5.32 Å². The molecule has 0 aromatic heterocycles. The number of hydrogen-bond donors (Lipinski definition) is 1. The fourth-order valence-corrected chi connectivity index (χ4v) is 3.50. The first kappa shape index (κ1) is 16.1. The summed E-state index contributed by atoms with van der Waals surface area (Å²) in [5.41, 5.74) is 1.52. The third-order valence-electron chi connectivity index (χ3n) is 4.78. The lowest BCUT2D eigenvalue weighted by Crippen LogP contribution is -2.49.